The maximum absolute atomic E-state index is 11.4. The van der Waals surface area contributed by atoms with Crippen LogP contribution in [-0.2, 0) is 0 Å². The van der Waals surface area contributed by atoms with Crippen LogP contribution in [0.4, 0.5) is 0 Å². The molecule has 1 aliphatic rings. The molecule has 2 aromatic rings. The van der Waals surface area contributed by atoms with Crippen LogP contribution in [0.15, 0.2) is 60.7 Å². The molecule has 2 heteroatoms. The molecule has 0 spiro atoms. The highest BCUT2D eigenvalue weighted by Crippen LogP contribution is 2.45. The van der Waals surface area contributed by atoms with Gasteiger partial charge in [-0.2, -0.15) is 0 Å². The summed E-state index contributed by atoms with van der Waals surface area (Å²) in [5.74, 6) is 0.185. The summed E-state index contributed by atoms with van der Waals surface area (Å²) in [6, 6.07) is 21.4. The second-order valence-corrected chi connectivity index (χ2v) is 6.86. The molecule has 0 saturated carbocycles. The van der Waals surface area contributed by atoms with Gasteiger partial charge in [0.05, 0.1) is 5.60 Å². The van der Waals surface area contributed by atoms with E-state index in [4.69, 9.17) is 0 Å². The molecule has 1 saturated heterocycles. The van der Waals surface area contributed by atoms with Crippen LogP contribution in [0.3, 0.4) is 0 Å². The van der Waals surface area contributed by atoms with E-state index < -0.39 is 5.60 Å². The molecular formula is C21H27NO. The lowest BCUT2D eigenvalue weighted by atomic mass is 9.70. The summed E-state index contributed by atoms with van der Waals surface area (Å²) in [4.78, 5) is 0. The van der Waals surface area contributed by atoms with Gasteiger partial charge in [0.25, 0.3) is 0 Å². The first kappa shape index (κ1) is 16.2. The third kappa shape index (κ3) is 3.34. The Kier molecular flexibility index (Phi) is 4.84. The van der Waals surface area contributed by atoms with Gasteiger partial charge in [0.15, 0.2) is 0 Å². The minimum absolute atomic E-state index is 0.173. The predicted octanol–water partition coefficient (Wildman–Crippen LogP) is 4.63. The summed E-state index contributed by atoms with van der Waals surface area (Å²) in [7, 11) is 0. The van der Waals surface area contributed by atoms with Gasteiger partial charge >= 0.3 is 0 Å². The molecule has 23 heavy (non-hydrogen) atoms. The maximum Gasteiger partial charge on any atom is 0.0709 e. The Labute approximate surface area is 139 Å². The molecule has 122 valence electrons. The predicted molar refractivity (Wildman–Crippen MR) is 95.1 cm³/mol. The van der Waals surface area contributed by atoms with Crippen molar-refractivity contribution in [2.75, 3.05) is 0 Å². The largest absolute Gasteiger partial charge is 0.389 e. The highest BCUT2D eigenvalue weighted by molar-refractivity contribution is 5.26. The number of hydrogen-bond acceptors (Lipinski definition) is 2. The molecule has 0 aliphatic carbocycles. The van der Waals surface area contributed by atoms with Gasteiger partial charge in [-0.25, -0.2) is 0 Å². The van der Waals surface area contributed by atoms with Crippen LogP contribution in [0.5, 0.6) is 0 Å². The Bertz CT molecular complexity index is 612. The highest BCUT2D eigenvalue weighted by atomic mass is 16.3. The van der Waals surface area contributed by atoms with Crippen LogP contribution in [0.1, 0.15) is 56.3 Å². The highest BCUT2D eigenvalue weighted by Gasteiger charge is 2.45. The molecule has 0 amide bonds. The summed E-state index contributed by atoms with van der Waals surface area (Å²) in [5, 5.41) is 15.2. The third-order valence-corrected chi connectivity index (χ3v) is 5.33. The average Bonchev–Trinajstić information content (AvgIpc) is 2.59. The van der Waals surface area contributed by atoms with Gasteiger partial charge in [-0.15, -0.1) is 0 Å². The summed E-state index contributed by atoms with van der Waals surface area (Å²) in [6.45, 7) is 4.34. The fourth-order valence-corrected chi connectivity index (χ4v) is 3.98. The summed E-state index contributed by atoms with van der Waals surface area (Å²) >= 11 is 0. The van der Waals surface area contributed by atoms with Crippen molar-refractivity contribution in [3.05, 3.63) is 71.8 Å². The number of aliphatic hydroxyl groups is 1. The second-order valence-electron chi connectivity index (χ2n) is 6.86. The van der Waals surface area contributed by atoms with Gasteiger partial charge in [-0.1, -0.05) is 80.9 Å². The molecule has 0 unspecified atom stereocenters. The fraction of sp³-hybridized carbons (Fsp3) is 0.429. The van der Waals surface area contributed by atoms with Crippen molar-refractivity contribution >= 4 is 0 Å². The molecule has 1 aliphatic heterocycles. The van der Waals surface area contributed by atoms with Gasteiger partial charge in [0.1, 0.15) is 0 Å². The lowest BCUT2D eigenvalue weighted by molar-refractivity contribution is -0.0743. The Morgan fingerprint density at radius 1 is 1.00 bits per heavy atom. The Morgan fingerprint density at radius 3 is 2.13 bits per heavy atom. The van der Waals surface area contributed by atoms with E-state index in [-0.39, 0.29) is 18.0 Å². The normalized spacial score (nSPS) is 31.0. The lowest BCUT2D eigenvalue weighted by Gasteiger charge is -2.48. The van der Waals surface area contributed by atoms with E-state index in [1.807, 2.05) is 12.1 Å². The van der Waals surface area contributed by atoms with Gasteiger partial charge < -0.3 is 10.4 Å². The number of nitrogens with one attached hydrogen (secondary N) is 1. The first-order valence-corrected chi connectivity index (χ1v) is 8.72. The summed E-state index contributed by atoms with van der Waals surface area (Å²) < 4.78 is 0. The molecule has 4 atom stereocenters. The first-order chi connectivity index (χ1) is 11.1. The Balaban J connectivity index is 1.95. The van der Waals surface area contributed by atoms with E-state index >= 15 is 0 Å². The van der Waals surface area contributed by atoms with Crippen molar-refractivity contribution in [1.82, 2.24) is 5.32 Å². The van der Waals surface area contributed by atoms with Gasteiger partial charge in [-0.3, -0.25) is 0 Å². The van der Waals surface area contributed by atoms with Crippen LogP contribution in [0.2, 0.25) is 0 Å². The van der Waals surface area contributed by atoms with E-state index in [1.165, 1.54) is 11.1 Å². The molecule has 2 N–H and O–H groups in total. The smallest absolute Gasteiger partial charge is 0.0709 e. The summed E-state index contributed by atoms with van der Waals surface area (Å²) in [6.07, 6.45) is 2.63. The van der Waals surface area contributed by atoms with E-state index in [1.54, 1.807) is 0 Å². The molecule has 2 aromatic carbocycles. The van der Waals surface area contributed by atoms with Crippen LogP contribution in [-0.4, -0.2) is 10.7 Å². The first-order valence-electron chi connectivity index (χ1n) is 8.72. The van der Waals surface area contributed by atoms with Crippen molar-refractivity contribution in [2.45, 2.75) is 50.8 Å². The van der Waals surface area contributed by atoms with Crippen molar-refractivity contribution in [3.63, 3.8) is 0 Å². The molecule has 1 fully saturated rings. The number of piperidine rings is 1. The van der Waals surface area contributed by atoms with Crippen molar-refractivity contribution < 1.29 is 5.11 Å². The van der Waals surface area contributed by atoms with Crippen LogP contribution >= 0.6 is 0 Å². The zero-order valence-corrected chi connectivity index (χ0v) is 14.1. The van der Waals surface area contributed by atoms with E-state index in [2.05, 4.69) is 67.7 Å². The Morgan fingerprint density at radius 2 is 1.57 bits per heavy atom. The maximum atomic E-state index is 11.4. The van der Waals surface area contributed by atoms with E-state index in [0.29, 0.717) is 0 Å². The van der Waals surface area contributed by atoms with Crippen LogP contribution in [0.25, 0.3) is 0 Å². The second kappa shape index (κ2) is 6.86. The summed E-state index contributed by atoms with van der Waals surface area (Å²) in [5.41, 5.74) is 1.89. The molecule has 0 radical (unpaired) electrons. The zero-order chi connectivity index (χ0) is 16.3. The Hall–Kier alpha value is -1.64. The molecule has 1 heterocycles. The van der Waals surface area contributed by atoms with Gasteiger partial charge in [0, 0.05) is 18.0 Å². The number of hydrogen-bond donors (Lipinski definition) is 2. The fourth-order valence-electron chi connectivity index (χ4n) is 3.98. The van der Waals surface area contributed by atoms with Gasteiger partial charge in [-0.05, 0) is 24.0 Å². The average molecular weight is 309 g/mol. The molecule has 3 rings (SSSR count). The minimum atomic E-state index is -0.624. The van der Waals surface area contributed by atoms with E-state index in [0.717, 1.165) is 19.3 Å². The van der Waals surface area contributed by atoms with Gasteiger partial charge in [0.2, 0.25) is 0 Å². The number of benzene rings is 2. The molecule has 2 nitrogen and oxygen atoms in total. The van der Waals surface area contributed by atoms with Crippen LogP contribution in [0, 0.1) is 5.92 Å². The van der Waals surface area contributed by atoms with Crippen molar-refractivity contribution in [3.8, 4) is 0 Å². The minimum Gasteiger partial charge on any atom is -0.389 e. The standard InChI is InChI=1S/C21H27NO/c1-3-14-21(23)15-19(17-10-6-4-7-11-17)22-20(16(21)2)18-12-8-5-9-13-18/h4-13,16,19-20,22-23H,3,14-15H2,1-2H3/t16-,19+,20+,21-/m0/s1. The van der Waals surface area contributed by atoms with Crippen molar-refractivity contribution in [1.29, 1.82) is 0 Å². The molecule has 0 bridgehead atoms. The lowest BCUT2D eigenvalue weighted by Crippen LogP contribution is -2.52. The SMILES string of the molecule is CCC[C@]1(O)C[C@H](c2ccccc2)N[C@@H](c2ccccc2)[C@@H]1C. The quantitative estimate of drug-likeness (QED) is 0.863. The molecule has 0 aromatic heterocycles. The van der Waals surface area contributed by atoms with Crippen molar-refractivity contribution in [2.24, 2.45) is 5.92 Å². The topological polar surface area (TPSA) is 32.3 Å². The molecular weight excluding hydrogens is 282 g/mol. The van der Waals surface area contributed by atoms with Crippen LogP contribution < -0.4 is 5.32 Å². The third-order valence-electron chi connectivity index (χ3n) is 5.33. The van der Waals surface area contributed by atoms with E-state index in [9.17, 15) is 5.11 Å². The monoisotopic (exact) mass is 309 g/mol. The zero-order valence-electron chi connectivity index (χ0n) is 14.1. The number of rotatable bonds is 4.